The van der Waals surface area contributed by atoms with Gasteiger partial charge in [0.15, 0.2) is 0 Å². The molecule has 80 valence electrons. The number of nitrogens with zero attached hydrogens (tertiary/aromatic N) is 2. The van der Waals surface area contributed by atoms with E-state index in [1.165, 1.54) is 0 Å². The highest BCUT2D eigenvalue weighted by molar-refractivity contribution is 6.33. The molecule has 0 N–H and O–H groups in total. The van der Waals surface area contributed by atoms with E-state index in [1.54, 1.807) is 12.4 Å². The summed E-state index contributed by atoms with van der Waals surface area (Å²) in [6.45, 7) is 0.624. The molecule has 2 rings (SSSR count). The number of hydrogen-bond acceptors (Lipinski definition) is 2. The number of benzene rings is 1. The first-order valence-electron chi connectivity index (χ1n) is 4.99. The van der Waals surface area contributed by atoms with Crippen LogP contribution in [0.1, 0.15) is 11.1 Å². The summed E-state index contributed by atoms with van der Waals surface area (Å²) in [5.41, 5.74) is 2.03. The first kappa shape index (κ1) is 10.8. The number of halogens is 1. The third kappa shape index (κ3) is 2.91. The molecule has 0 atom stereocenters. The van der Waals surface area contributed by atoms with Gasteiger partial charge in [-0.05, 0) is 17.7 Å². The van der Waals surface area contributed by atoms with Gasteiger partial charge in [-0.25, -0.2) is 0 Å². The molecule has 0 aliphatic rings. The van der Waals surface area contributed by atoms with Crippen LogP contribution in [0, 0.1) is 0 Å². The van der Waals surface area contributed by atoms with Crippen LogP contribution in [0.4, 0.5) is 0 Å². The van der Waals surface area contributed by atoms with E-state index in [2.05, 4.69) is 9.98 Å². The van der Waals surface area contributed by atoms with Gasteiger partial charge >= 0.3 is 0 Å². The molecule has 0 spiro atoms. The smallest absolute Gasteiger partial charge is 0.0655 e. The molecule has 0 unspecified atom stereocenters. The first-order chi connectivity index (χ1) is 7.86. The fourth-order valence-corrected chi connectivity index (χ4v) is 1.51. The lowest BCUT2D eigenvalue weighted by molar-refractivity contribution is 1.05. The van der Waals surface area contributed by atoms with Gasteiger partial charge in [-0.3, -0.25) is 9.98 Å². The molecule has 0 bridgehead atoms. The van der Waals surface area contributed by atoms with E-state index in [1.807, 2.05) is 42.6 Å². The quantitative estimate of drug-likeness (QED) is 0.743. The van der Waals surface area contributed by atoms with E-state index in [0.717, 1.165) is 16.1 Å². The Labute approximate surface area is 99.6 Å². The highest BCUT2D eigenvalue weighted by Crippen LogP contribution is 2.12. The first-order valence-corrected chi connectivity index (χ1v) is 5.37. The predicted octanol–water partition coefficient (Wildman–Crippen LogP) is 3.35. The molecule has 1 aromatic carbocycles. The van der Waals surface area contributed by atoms with Crippen LogP contribution >= 0.6 is 11.6 Å². The van der Waals surface area contributed by atoms with Crippen molar-refractivity contribution < 1.29 is 0 Å². The maximum Gasteiger partial charge on any atom is 0.0655 e. The summed E-state index contributed by atoms with van der Waals surface area (Å²) in [6.07, 6.45) is 5.35. The Bertz CT molecular complexity index is 480. The Morgan fingerprint density at radius 3 is 2.81 bits per heavy atom. The Morgan fingerprint density at radius 2 is 2.06 bits per heavy atom. The SMILES string of the molecule is Clc1ccccc1C=NCc1cccnc1. The van der Waals surface area contributed by atoms with Crippen molar-refractivity contribution in [3.63, 3.8) is 0 Å². The van der Waals surface area contributed by atoms with Crippen LogP contribution in [0.2, 0.25) is 5.02 Å². The third-order valence-electron chi connectivity index (χ3n) is 2.13. The molecule has 1 heterocycles. The third-order valence-corrected chi connectivity index (χ3v) is 2.48. The summed E-state index contributed by atoms with van der Waals surface area (Å²) in [4.78, 5) is 8.35. The summed E-state index contributed by atoms with van der Waals surface area (Å²) in [7, 11) is 0. The molecule has 1 aromatic heterocycles. The van der Waals surface area contributed by atoms with E-state index in [4.69, 9.17) is 11.6 Å². The van der Waals surface area contributed by atoms with Crippen molar-refractivity contribution in [3.05, 3.63) is 64.9 Å². The van der Waals surface area contributed by atoms with Crippen molar-refractivity contribution in [1.82, 2.24) is 4.98 Å². The van der Waals surface area contributed by atoms with Crippen LogP contribution < -0.4 is 0 Å². The Balaban J connectivity index is 2.03. The average Bonchev–Trinajstić information content (AvgIpc) is 2.33. The van der Waals surface area contributed by atoms with Gasteiger partial charge in [0.25, 0.3) is 0 Å². The average molecular weight is 231 g/mol. The molecule has 0 radical (unpaired) electrons. The van der Waals surface area contributed by atoms with Gasteiger partial charge in [-0.1, -0.05) is 35.9 Å². The zero-order chi connectivity index (χ0) is 11.2. The molecule has 0 aliphatic carbocycles. The van der Waals surface area contributed by atoms with Crippen LogP contribution in [0.3, 0.4) is 0 Å². The van der Waals surface area contributed by atoms with Crippen molar-refractivity contribution in [2.75, 3.05) is 0 Å². The number of aromatic nitrogens is 1. The highest BCUT2D eigenvalue weighted by atomic mass is 35.5. The summed E-state index contributed by atoms with van der Waals surface area (Å²) in [5, 5.41) is 0.720. The molecule has 16 heavy (non-hydrogen) atoms. The molecule has 0 saturated heterocycles. The lowest BCUT2D eigenvalue weighted by Crippen LogP contribution is -1.86. The fraction of sp³-hybridized carbons (Fsp3) is 0.0769. The topological polar surface area (TPSA) is 25.2 Å². The van der Waals surface area contributed by atoms with Crippen LogP contribution in [-0.4, -0.2) is 11.2 Å². The minimum atomic E-state index is 0.624. The van der Waals surface area contributed by atoms with Crippen molar-refractivity contribution >= 4 is 17.8 Å². The second kappa shape index (κ2) is 5.42. The molecular formula is C13H11ClN2. The molecule has 0 saturated carbocycles. The fourth-order valence-electron chi connectivity index (χ4n) is 1.32. The molecule has 3 heteroatoms. The highest BCUT2D eigenvalue weighted by Gasteiger charge is 1.93. The zero-order valence-electron chi connectivity index (χ0n) is 8.68. The van der Waals surface area contributed by atoms with Crippen molar-refractivity contribution in [3.8, 4) is 0 Å². The summed E-state index contributed by atoms with van der Waals surface area (Å²) >= 11 is 6.00. The number of rotatable bonds is 3. The second-order valence-corrected chi connectivity index (χ2v) is 3.76. The Kier molecular flexibility index (Phi) is 3.67. The van der Waals surface area contributed by atoms with Gasteiger partial charge in [0, 0.05) is 29.2 Å². The van der Waals surface area contributed by atoms with Gasteiger partial charge in [0.2, 0.25) is 0 Å². The standard InChI is InChI=1S/C13H11ClN2/c14-13-6-2-1-5-12(13)10-16-9-11-4-3-7-15-8-11/h1-8,10H,9H2. The van der Waals surface area contributed by atoms with E-state index in [0.29, 0.717) is 6.54 Å². The maximum absolute atomic E-state index is 6.00. The number of pyridine rings is 1. The molecule has 2 aromatic rings. The van der Waals surface area contributed by atoms with E-state index < -0.39 is 0 Å². The lowest BCUT2D eigenvalue weighted by atomic mass is 10.2. The van der Waals surface area contributed by atoms with Crippen LogP contribution in [0.25, 0.3) is 0 Å². The second-order valence-electron chi connectivity index (χ2n) is 3.35. The van der Waals surface area contributed by atoms with Gasteiger partial charge in [0.1, 0.15) is 0 Å². The van der Waals surface area contributed by atoms with Crippen molar-refractivity contribution in [1.29, 1.82) is 0 Å². The van der Waals surface area contributed by atoms with E-state index in [9.17, 15) is 0 Å². The maximum atomic E-state index is 6.00. The van der Waals surface area contributed by atoms with Crippen LogP contribution in [0.5, 0.6) is 0 Å². The zero-order valence-corrected chi connectivity index (χ0v) is 9.43. The van der Waals surface area contributed by atoms with Gasteiger partial charge < -0.3 is 0 Å². The van der Waals surface area contributed by atoms with Gasteiger partial charge in [-0.2, -0.15) is 0 Å². The monoisotopic (exact) mass is 230 g/mol. The van der Waals surface area contributed by atoms with E-state index >= 15 is 0 Å². The van der Waals surface area contributed by atoms with Crippen molar-refractivity contribution in [2.45, 2.75) is 6.54 Å². The van der Waals surface area contributed by atoms with Crippen molar-refractivity contribution in [2.24, 2.45) is 4.99 Å². The van der Waals surface area contributed by atoms with E-state index in [-0.39, 0.29) is 0 Å². The predicted molar refractivity (Wildman–Crippen MR) is 67.0 cm³/mol. The number of hydrogen-bond donors (Lipinski definition) is 0. The van der Waals surface area contributed by atoms with Gasteiger partial charge in [0.05, 0.1) is 6.54 Å². The largest absolute Gasteiger partial charge is 0.288 e. The molecule has 0 fully saturated rings. The minimum Gasteiger partial charge on any atom is -0.288 e. The summed E-state index contributed by atoms with van der Waals surface area (Å²) < 4.78 is 0. The molecule has 0 aliphatic heterocycles. The Morgan fingerprint density at radius 1 is 1.19 bits per heavy atom. The Hall–Kier alpha value is -1.67. The molecular weight excluding hydrogens is 220 g/mol. The molecule has 2 nitrogen and oxygen atoms in total. The normalized spacial score (nSPS) is 10.8. The summed E-state index contributed by atoms with van der Waals surface area (Å²) in [5.74, 6) is 0. The summed E-state index contributed by atoms with van der Waals surface area (Å²) in [6, 6.07) is 11.5. The van der Waals surface area contributed by atoms with Crippen LogP contribution in [-0.2, 0) is 6.54 Å². The number of aliphatic imine (C=N–C) groups is 1. The lowest BCUT2D eigenvalue weighted by Gasteiger charge is -1.97. The van der Waals surface area contributed by atoms with Gasteiger partial charge in [-0.15, -0.1) is 0 Å². The van der Waals surface area contributed by atoms with Crippen LogP contribution in [0.15, 0.2) is 53.8 Å². The minimum absolute atomic E-state index is 0.624. The molecule has 0 amide bonds.